The SMILES string of the molecule is CC(CS(=O)(=O)NC(CCN)C(C)C)c1ccccc1. The molecule has 0 aliphatic rings. The van der Waals surface area contributed by atoms with E-state index in [9.17, 15) is 8.42 Å². The van der Waals surface area contributed by atoms with Crippen LogP contribution in [0.15, 0.2) is 30.3 Å². The number of hydrogen-bond acceptors (Lipinski definition) is 3. The number of nitrogens with two attached hydrogens (primary N) is 1. The van der Waals surface area contributed by atoms with Gasteiger partial charge in [0.05, 0.1) is 5.75 Å². The molecular weight excluding hydrogens is 272 g/mol. The zero-order valence-electron chi connectivity index (χ0n) is 12.5. The van der Waals surface area contributed by atoms with E-state index >= 15 is 0 Å². The van der Waals surface area contributed by atoms with Gasteiger partial charge >= 0.3 is 0 Å². The first-order valence-corrected chi connectivity index (χ1v) is 8.76. The first kappa shape index (κ1) is 17.1. The third kappa shape index (κ3) is 5.61. The van der Waals surface area contributed by atoms with Crippen molar-refractivity contribution in [1.82, 2.24) is 4.72 Å². The van der Waals surface area contributed by atoms with Gasteiger partial charge in [0.25, 0.3) is 0 Å². The molecule has 1 aromatic carbocycles. The van der Waals surface area contributed by atoms with Crippen molar-refractivity contribution in [2.45, 2.75) is 39.2 Å². The van der Waals surface area contributed by atoms with Crippen molar-refractivity contribution in [2.24, 2.45) is 11.7 Å². The van der Waals surface area contributed by atoms with E-state index in [1.807, 2.05) is 51.1 Å². The molecule has 0 fully saturated rings. The fraction of sp³-hybridized carbons (Fsp3) is 0.600. The maximum absolute atomic E-state index is 12.3. The van der Waals surface area contributed by atoms with Crippen LogP contribution in [0.1, 0.15) is 38.7 Å². The van der Waals surface area contributed by atoms with Gasteiger partial charge in [-0.2, -0.15) is 0 Å². The molecule has 0 aliphatic carbocycles. The molecule has 0 spiro atoms. The largest absolute Gasteiger partial charge is 0.330 e. The molecule has 0 saturated heterocycles. The number of hydrogen-bond donors (Lipinski definition) is 2. The minimum atomic E-state index is -3.30. The van der Waals surface area contributed by atoms with E-state index in [1.54, 1.807) is 0 Å². The molecule has 0 amide bonds. The Hall–Kier alpha value is -0.910. The Bertz CT molecular complexity index is 486. The highest BCUT2D eigenvalue weighted by atomic mass is 32.2. The van der Waals surface area contributed by atoms with Crippen LogP contribution >= 0.6 is 0 Å². The van der Waals surface area contributed by atoms with Crippen molar-refractivity contribution >= 4 is 10.0 Å². The Morgan fingerprint density at radius 2 is 1.75 bits per heavy atom. The van der Waals surface area contributed by atoms with Crippen molar-refractivity contribution in [2.75, 3.05) is 12.3 Å². The minimum Gasteiger partial charge on any atom is -0.330 e. The van der Waals surface area contributed by atoms with Gasteiger partial charge in [0, 0.05) is 6.04 Å². The Balaban J connectivity index is 2.69. The van der Waals surface area contributed by atoms with E-state index in [1.165, 1.54) is 0 Å². The summed E-state index contributed by atoms with van der Waals surface area (Å²) in [4.78, 5) is 0. The summed E-state index contributed by atoms with van der Waals surface area (Å²) in [6.07, 6.45) is 0.663. The molecule has 114 valence electrons. The molecule has 0 bridgehead atoms. The second kappa shape index (κ2) is 7.76. The monoisotopic (exact) mass is 298 g/mol. The summed E-state index contributed by atoms with van der Waals surface area (Å²) in [5, 5.41) is 0. The van der Waals surface area contributed by atoms with Gasteiger partial charge in [-0.05, 0) is 30.4 Å². The predicted octanol–water partition coefficient (Wildman–Crippen LogP) is 2.08. The fourth-order valence-electron chi connectivity index (χ4n) is 2.19. The van der Waals surface area contributed by atoms with Crippen LogP contribution < -0.4 is 10.5 Å². The van der Waals surface area contributed by atoms with Gasteiger partial charge < -0.3 is 5.73 Å². The van der Waals surface area contributed by atoms with E-state index in [2.05, 4.69) is 4.72 Å². The highest BCUT2D eigenvalue weighted by molar-refractivity contribution is 7.89. The van der Waals surface area contributed by atoms with Crippen molar-refractivity contribution in [3.05, 3.63) is 35.9 Å². The van der Waals surface area contributed by atoms with Gasteiger partial charge in [-0.25, -0.2) is 13.1 Å². The molecule has 0 aromatic heterocycles. The van der Waals surface area contributed by atoms with Crippen molar-refractivity contribution in [1.29, 1.82) is 0 Å². The zero-order chi connectivity index (χ0) is 15.2. The quantitative estimate of drug-likeness (QED) is 0.772. The second-order valence-electron chi connectivity index (χ2n) is 5.64. The van der Waals surface area contributed by atoms with Crippen LogP contribution in [0.4, 0.5) is 0 Å². The molecule has 20 heavy (non-hydrogen) atoms. The third-order valence-electron chi connectivity index (χ3n) is 3.45. The molecule has 2 atom stereocenters. The summed E-state index contributed by atoms with van der Waals surface area (Å²) in [6, 6.07) is 9.61. The smallest absolute Gasteiger partial charge is 0.212 e. The number of sulfonamides is 1. The highest BCUT2D eigenvalue weighted by Crippen LogP contribution is 2.17. The summed E-state index contributed by atoms with van der Waals surface area (Å²) in [5.74, 6) is 0.310. The maximum atomic E-state index is 12.3. The Kier molecular flexibility index (Phi) is 6.65. The molecule has 0 radical (unpaired) electrons. The first-order valence-electron chi connectivity index (χ1n) is 7.10. The molecule has 0 aliphatic heterocycles. The van der Waals surface area contributed by atoms with Crippen LogP contribution in [0.2, 0.25) is 0 Å². The second-order valence-corrected chi connectivity index (χ2v) is 7.44. The van der Waals surface area contributed by atoms with Gasteiger partial charge in [0.15, 0.2) is 0 Å². The molecule has 5 heteroatoms. The van der Waals surface area contributed by atoms with Gasteiger partial charge in [-0.15, -0.1) is 0 Å². The zero-order valence-corrected chi connectivity index (χ0v) is 13.4. The lowest BCUT2D eigenvalue weighted by Crippen LogP contribution is -2.41. The van der Waals surface area contributed by atoms with Crippen LogP contribution in [0, 0.1) is 5.92 Å². The standard InChI is InChI=1S/C15H26N2O2S/c1-12(2)15(9-10-16)17-20(18,19)11-13(3)14-7-5-4-6-8-14/h4-8,12-13,15,17H,9-11,16H2,1-3H3. The predicted molar refractivity (Wildman–Crippen MR) is 84.1 cm³/mol. The van der Waals surface area contributed by atoms with E-state index < -0.39 is 10.0 Å². The summed E-state index contributed by atoms with van der Waals surface area (Å²) in [6.45, 7) is 6.43. The third-order valence-corrected chi connectivity index (χ3v) is 5.05. The molecule has 0 saturated carbocycles. The number of benzene rings is 1. The van der Waals surface area contributed by atoms with Crippen LogP contribution in [0.3, 0.4) is 0 Å². The van der Waals surface area contributed by atoms with Gasteiger partial charge in [0.2, 0.25) is 10.0 Å². The van der Waals surface area contributed by atoms with Crippen LogP contribution in [0.5, 0.6) is 0 Å². The summed E-state index contributed by atoms with van der Waals surface area (Å²) < 4.78 is 27.3. The molecule has 0 heterocycles. The first-order chi connectivity index (χ1) is 9.35. The maximum Gasteiger partial charge on any atom is 0.212 e. The van der Waals surface area contributed by atoms with Crippen LogP contribution in [0.25, 0.3) is 0 Å². The van der Waals surface area contributed by atoms with E-state index in [4.69, 9.17) is 5.73 Å². The van der Waals surface area contributed by atoms with Crippen molar-refractivity contribution in [3.63, 3.8) is 0 Å². The van der Waals surface area contributed by atoms with Gasteiger partial charge in [-0.1, -0.05) is 51.1 Å². The van der Waals surface area contributed by atoms with E-state index in [-0.39, 0.29) is 23.6 Å². The summed E-state index contributed by atoms with van der Waals surface area (Å²) in [5.41, 5.74) is 6.58. The van der Waals surface area contributed by atoms with Crippen LogP contribution in [-0.2, 0) is 10.0 Å². The molecule has 2 unspecified atom stereocenters. The van der Waals surface area contributed by atoms with Crippen LogP contribution in [-0.4, -0.2) is 26.8 Å². The molecule has 1 aromatic rings. The lowest BCUT2D eigenvalue weighted by molar-refractivity contribution is 0.428. The number of nitrogens with one attached hydrogen (secondary N) is 1. The topological polar surface area (TPSA) is 72.2 Å². The molecular formula is C15H26N2O2S. The van der Waals surface area contributed by atoms with E-state index in [0.717, 1.165) is 5.56 Å². The Morgan fingerprint density at radius 1 is 1.15 bits per heavy atom. The minimum absolute atomic E-state index is 0.0283. The molecule has 1 rings (SSSR count). The number of rotatable bonds is 8. The normalized spacial score (nSPS) is 15.2. The van der Waals surface area contributed by atoms with Gasteiger partial charge in [-0.3, -0.25) is 0 Å². The average molecular weight is 298 g/mol. The van der Waals surface area contributed by atoms with Crippen molar-refractivity contribution in [3.8, 4) is 0 Å². The van der Waals surface area contributed by atoms with E-state index in [0.29, 0.717) is 13.0 Å². The fourth-order valence-corrected chi connectivity index (χ4v) is 3.99. The molecule has 4 nitrogen and oxygen atoms in total. The Morgan fingerprint density at radius 3 is 2.25 bits per heavy atom. The summed E-state index contributed by atoms with van der Waals surface area (Å²) >= 11 is 0. The van der Waals surface area contributed by atoms with Gasteiger partial charge in [0.1, 0.15) is 0 Å². The molecule has 3 N–H and O–H groups in total. The lowest BCUT2D eigenvalue weighted by atomic mass is 10.0. The highest BCUT2D eigenvalue weighted by Gasteiger charge is 2.22. The lowest BCUT2D eigenvalue weighted by Gasteiger charge is -2.23. The summed E-state index contributed by atoms with van der Waals surface area (Å²) in [7, 11) is -3.30. The van der Waals surface area contributed by atoms with Crippen molar-refractivity contribution < 1.29 is 8.42 Å². The Labute approximate surface area is 122 Å². The average Bonchev–Trinajstić information content (AvgIpc) is 2.38.